The Kier molecular flexibility index (Phi) is 6.50. The molecule has 29 heavy (non-hydrogen) atoms. The standard InChI is InChI=1S/C18H14BrF2N5O3/c19-13-9-12(6-7-14(13)21)22-17(24-28)16-18(26-29-25-16)23-15(27)8-3-10-1-4-11(20)5-2-10/h1-2,4-7,9,28H,3,8H2,(H,22,24)(H,23,26,27). The van der Waals surface area contributed by atoms with Crippen LogP contribution in [0.1, 0.15) is 17.7 Å². The van der Waals surface area contributed by atoms with Crippen LogP contribution in [0.4, 0.5) is 20.3 Å². The first-order chi connectivity index (χ1) is 14.0. The number of nitrogens with zero attached hydrogens (tertiary/aromatic N) is 3. The summed E-state index contributed by atoms with van der Waals surface area (Å²) >= 11 is 3.05. The van der Waals surface area contributed by atoms with Crippen molar-refractivity contribution >= 4 is 39.2 Å². The summed E-state index contributed by atoms with van der Waals surface area (Å²) in [7, 11) is 0. The second-order valence-electron chi connectivity index (χ2n) is 5.84. The molecule has 1 aromatic heterocycles. The third kappa shape index (κ3) is 5.35. The van der Waals surface area contributed by atoms with Crippen LogP contribution in [0.2, 0.25) is 0 Å². The van der Waals surface area contributed by atoms with Gasteiger partial charge in [0.05, 0.1) is 4.47 Å². The van der Waals surface area contributed by atoms with Crippen molar-refractivity contribution in [1.82, 2.24) is 10.3 Å². The average Bonchev–Trinajstić information content (AvgIpc) is 3.16. The Bertz CT molecular complexity index is 1040. The van der Waals surface area contributed by atoms with Gasteiger partial charge in [-0.05, 0) is 68.6 Å². The van der Waals surface area contributed by atoms with Crippen molar-refractivity contribution < 1.29 is 23.4 Å². The molecular weight excluding hydrogens is 452 g/mol. The molecule has 0 saturated heterocycles. The van der Waals surface area contributed by atoms with Crippen LogP contribution in [0.3, 0.4) is 0 Å². The minimum atomic E-state index is -0.463. The lowest BCUT2D eigenvalue weighted by Gasteiger charge is -2.08. The molecule has 8 nitrogen and oxygen atoms in total. The fourth-order valence-electron chi connectivity index (χ4n) is 2.37. The van der Waals surface area contributed by atoms with Crippen LogP contribution in [-0.2, 0) is 11.2 Å². The zero-order chi connectivity index (χ0) is 20.8. The molecule has 1 amide bonds. The number of oxime groups is 1. The maximum absolute atomic E-state index is 13.4. The van der Waals surface area contributed by atoms with E-state index >= 15 is 0 Å². The molecule has 2 aromatic carbocycles. The quantitative estimate of drug-likeness (QED) is 0.220. The van der Waals surface area contributed by atoms with E-state index in [0.29, 0.717) is 12.1 Å². The Morgan fingerprint density at radius 3 is 2.59 bits per heavy atom. The fourth-order valence-corrected chi connectivity index (χ4v) is 2.75. The van der Waals surface area contributed by atoms with Gasteiger partial charge in [-0.25, -0.2) is 13.4 Å². The van der Waals surface area contributed by atoms with E-state index in [9.17, 15) is 18.8 Å². The van der Waals surface area contributed by atoms with E-state index < -0.39 is 11.7 Å². The summed E-state index contributed by atoms with van der Waals surface area (Å²) in [5, 5.41) is 24.9. The lowest BCUT2D eigenvalue weighted by Crippen LogP contribution is -2.19. The van der Waals surface area contributed by atoms with E-state index in [2.05, 4.69) is 46.7 Å². The zero-order valence-corrected chi connectivity index (χ0v) is 16.3. The van der Waals surface area contributed by atoms with E-state index in [1.807, 2.05) is 0 Å². The number of amides is 1. The van der Waals surface area contributed by atoms with Crippen LogP contribution in [0.15, 0.2) is 56.7 Å². The van der Waals surface area contributed by atoms with Crippen LogP contribution < -0.4 is 10.6 Å². The summed E-state index contributed by atoms with van der Waals surface area (Å²) in [5.41, 5.74) is 1.13. The molecule has 0 unspecified atom stereocenters. The summed E-state index contributed by atoms with van der Waals surface area (Å²) in [6, 6.07) is 9.86. The molecule has 3 rings (SSSR count). The SMILES string of the molecule is O=C(CCc1ccc(F)cc1)Nc1nonc1/C(=N\O)Nc1ccc(F)c(Br)c1. The van der Waals surface area contributed by atoms with Gasteiger partial charge >= 0.3 is 0 Å². The predicted octanol–water partition coefficient (Wildman–Crippen LogP) is 3.93. The average molecular weight is 466 g/mol. The molecule has 0 aliphatic heterocycles. The Morgan fingerprint density at radius 1 is 1.14 bits per heavy atom. The second kappa shape index (κ2) is 9.24. The molecule has 0 fully saturated rings. The van der Waals surface area contributed by atoms with Crippen LogP contribution in [0.5, 0.6) is 0 Å². The number of carbonyl (C=O) groups is 1. The Labute approximate surface area is 171 Å². The van der Waals surface area contributed by atoms with Crippen LogP contribution in [0.25, 0.3) is 0 Å². The van der Waals surface area contributed by atoms with Crippen LogP contribution >= 0.6 is 15.9 Å². The number of anilines is 2. The van der Waals surface area contributed by atoms with Crippen molar-refractivity contribution in [2.45, 2.75) is 12.8 Å². The molecule has 0 aliphatic carbocycles. The number of amidine groups is 1. The lowest BCUT2D eigenvalue weighted by atomic mass is 10.1. The van der Waals surface area contributed by atoms with E-state index in [-0.39, 0.29) is 34.1 Å². The number of carbonyl (C=O) groups excluding carboxylic acids is 1. The van der Waals surface area contributed by atoms with Crippen molar-refractivity contribution in [3.63, 3.8) is 0 Å². The van der Waals surface area contributed by atoms with E-state index in [4.69, 9.17) is 0 Å². The number of aromatic nitrogens is 2. The summed E-state index contributed by atoms with van der Waals surface area (Å²) in [4.78, 5) is 12.2. The minimum Gasteiger partial charge on any atom is -0.409 e. The molecule has 0 bridgehead atoms. The maximum atomic E-state index is 13.4. The van der Waals surface area contributed by atoms with E-state index in [0.717, 1.165) is 5.56 Å². The summed E-state index contributed by atoms with van der Waals surface area (Å²) < 4.78 is 31.1. The van der Waals surface area contributed by atoms with Crippen molar-refractivity contribution in [1.29, 1.82) is 0 Å². The smallest absolute Gasteiger partial charge is 0.226 e. The molecule has 0 atom stereocenters. The lowest BCUT2D eigenvalue weighted by molar-refractivity contribution is -0.116. The van der Waals surface area contributed by atoms with Crippen molar-refractivity contribution in [3.05, 3.63) is 69.8 Å². The van der Waals surface area contributed by atoms with Gasteiger partial charge in [0, 0.05) is 12.1 Å². The van der Waals surface area contributed by atoms with Gasteiger partial charge < -0.3 is 15.8 Å². The first kappa shape index (κ1) is 20.4. The highest BCUT2D eigenvalue weighted by atomic mass is 79.9. The van der Waals surface area contributed by atoms with E-state index in [1.165, 1.54) is 30.3 Å². The van der Waals surface area contributed by atoms with Crippen LogP contribution in [-0.4, -0.2) is 27.3 Å². The normalized spacial score (nSPS) is 11.3. The molecule has 0 spiro atoms. The molecule has 0 saturated carbocycles. The highest BCUT2D eigenvalue weighted by molar-refractivity contribution is 9.10. The Morgan fingerprint density at radius 2 is 1.90 bits per heavy atom. The Hall–Kier alpha value is -3.34. The Balaban J connectivity index is 1.66. The summed E-state index contributed by atoms with van der Waals surface area (Å²) in [5.74, 6) is -1.44. The number of benzene rings is 2. The van der Waals surface area contributed by atoms with Gasteiger partial charge in [-0.15, -0.1) is 0 Å². The van der Waals surface area contributed by atoms with Gasteiger partial charge in [-0.3, -0.25) is 4.79 Å². The number of hydrogen-bond donors (Lipinski definition) is 3. The molecule has 0 radical (unpaired) electrons. The molecule has 0 aliphatic rings. The number of aryl methyl sites for hydroxylation is 1. The van der Waals surface area contributed by atoms with Gasteiger partial charge in [0.25, 0.3) is 0 Å². The third-order valence-electron chi connectivity index (χ3n) is 3.81. The number of rotatable bonds is 6. The second-order valence-corrected chi connectivity index (χ2v) is 6.69. The monoisotopic (exact) mass is 465 g/mol. The molecule has 11 heteroatoms. The highest BCUT2D eigenvalue weighted by Crippen LogP contribution is 2.21. The largest absolute Gasteiger partial charge is 0.409 e. The van der Waals surface area contributed by atoms with Gasteiger partial charge in [0.15, 0.2) is 5.69 Å². The first-order valence-corrected chi connectivity index (χ1v) is 9.07. The molecule has 3 N–H and O–H groups in total. The van der Waals surface area contributed by atoms with Gasteiger partial charge in [0.1, 0.15) is 11.6 Å². The van der Waals surface area contributed by atoms with Crippen molar-refractivity contribution in [3.8, 4) is 0 Å². The van der Waals surface area contributed by atoms with Gasteiger partial charge in [-0.1, -0.05) is 17.3 Å². The summed E-state index contributed by atoms with van der Waals surface area (Å²) in [6.45, 7) is 0. The number of halogens is 3. The van der Waals surface area contributed by atoms with Crippen LogP contribution in [0, 0.1) is 11.6 Å². The van der Waals surface area contributed by atoms with Gasteiger partial charge in [0.2, 0.25) is 17.6 Å². The van der Waals surface area contributed by atoms with Gasteiger partial charge in [-0.2, -0.15) is 0 Å². The minimum absolute atomic E-state index is 0.0527. The topological polar surface area (TPSA) is 113 Å². The fraction of sp³-hybridized carbons (Fsp3) is 0.111. The maximum Gasteiger partial charge on any atom is 0.226 e. The van der Waals surface area contributed by atoms with Crippen molar-refractivity contribution in [2.24, 2.45) is 5.16 Å². The molecule has 3 aromatic rings. The molecule has 150 valence electrons. The molecular formula is C18H14BrF2N5O3. The van der Waals surface area contributed by atoms with Crippen molar-refractivity contribution in [2.75, 3.05) is 10.6 Å². The third-order valence-corrected chi connectivity index (χ3v) is 4.41. The first-order valence-electron chi connectivity index (χ1n) is 8.27. The number of nitrogens with one attached hydrogen (secondary N) is 2. The number of hydrogen-bond acceptors (Lipinski definition) is 6. The van der Waals surface area contributed by atoms with E-state index in [1.54, 1.807) is 12.1 Å². The predicted molar refractivity (Wildman–Crippen MR) is 104 cm³/mol. The highest BCUT2D eigenvalue weighted by Gasteiger charge is 2.20. The summed E-state index contributed by atoms with van der Waals surface area (Å²) in [6.07, 6.45) is 0.484. The molecule has 1 heterocycles. The zero-order valence-electron chi connectivity index (χ0n) is 14.7.